The quantitative estimate of drug-likeness (QED) is 0.0134. The number of hydrazone groups is 2. The average Bonchev–Trinajstić information content (AvgIpc) is 1.41. The Bertz CT molecular complexity index is 2980. The van der Waals surface area contributed by atoms with Crippen molar-refractivity contribution in [2.24, 2.45) is 45.9 Å². The number of likely N-dealkylation sites (N-methyl/N-ethyl adjacent to an activating group) is 2. The summed E-state index contributed by atoms with van der Waals surface area (Å²) in [6, 6.07) is -7.45. The lowest BCUT2D eigenvalue weighted by Crippen LogP contribution is -2.93. The standard InChI is InChI=1S/2C22H42N10O11S.3H2O4S/c2*1-5-22(39,4-29-32-21(27)44)16(43-17-9(28-2)13(37)10(34)6(3-33)41-17)18(40-5)42-15-8(31-20(25)26)11(35)7(30-19(23)24)12(36)14(15)38;3*1-5(2,3)4/h2*4-18,28,33-39H,3H2,1-2H3,(H4,23,24,30)(H4,25,26,31)(H3,27,32,44);3*(H2,1,2,3,4)/t2*5-,6-,7+,8-,9-,10-,11+,12-,13-,14+,15+,16-,17-,18-,22+;;;/m00.../s1. The lowest BCUT2D eigenvalue weighted by molar-refractivity contribution is -0.547. The van der Waals surface area contributed by atoms with Crippen molar-refractivity contribution in [3.8, 4) is 0 Å². The van der Waals surface area contributed by atoms with Crippen molar-refractivity contribution >= 4 is 102 Å². The van der Waals surface area contributed by atoms with Gasteiger partial charge in [-0.25, -0.2) is 0 Å². The predicted octanol–water partition coefficient (Wildman–Crippen LogP) is -32.0. The van der Waals surface area contributed by atoms with E-state index in [-0.39, 0.29) is 34.1 Å². The predicted molar refractivity (Wildman–Crippen MR) is 333 cm³/mol. The topological polar surface area (TPSA) is 985 Å². The van der Waals surface area contributed by atoms with Gasteiger partial charge in [0.1, 0.15) is 110 Å². The second-order valence-corrected chi connectivity index (χ2v) is 26.0. The zero-order valence-electron chi connectivity index (χ0n) is 54.0. The van der Waals surface area contributed by atoms with Crippen LogP contribution in [0.1, 0.15) is 13.8 Å². The molecule has 0 bridgehead atoms. The molecule has 0 aromatic rings. The molecule has 103 heavy (non-hydrogen) atoms. The van der Waals surface area contributed by atoms with E-state index in [0.29, 0.717) is 0 Å². The molecular formula is C44H90N20O34S5. The number of aliphatic hydroxyl groups excluding tert-OH is 12. The Labute approximate surface area is 594 Å². The van der Waals surface area contributed by atoms with Crippen molar-refractivity contribution in [2.75, 3.05) is 27.3 Å². The van der Waals surface area contributed by atoms with Gasteiger partial charge in [0, 0.05) is 31.2 Å². The van der Waals surface area contributed by atoms with Gasteiger partial charge in [-0.2, -0.15) is 0 Å². The number of nitrogens with two attached hydrogens (primary N) is 10. The van der Waals surface area contributed by atoms with Crippen LogP contribution < -0.4 is 109 Å². The maximum atomic E-state index is 11.8. The lowest BCUT2D eigenvalue weighted by Gasteiger charge is -2.45. The summed E-state index contributed by atoms with van der Waals surface area (Å²) in [6.07, 6.45) is -31.0. The molecule has 6 rings (SSSR count). The third-order valence-corrected chi connectivity index (χ3v) is 15.8. The van der Waals surface area contributed by atoms with Crippen LogP contribution in [0.4, 0.5) is 0 Å². The molecule has 4 heterocycles. The molecule has 6 aliphatic rings. The van der Waals surface area contributed by atoms with Crippen molar-refractivity contribution in [3.05, 3.63) is 0 Å². The van der Waals surface area contributed by atoms with Gasteiger partial charge in [-0.05, 0) is 52.4 Å². The molecule has 0 aromatic heterocycles. The van der Waals surface area contributed by atoms with Crippen LogP contribution in [0.3, 0.4) is 0 Å². The van der Waals surface area contributed by atoms with Crippen LogP contribution in [0, 0.1) is 0 Å². The first-order chi connectivity index (χ1) is 47.1. The largest absolute Gasteiger partial charge is 0.759 e. The smallest absolute Gasteiger partial charge is 0.339 e. The molecule has 0 radical (unpaired) electrons. The van der Waals surface area contributed by atoms with E-state index in [0.717, 1.165) is 12.4 Å². The zero-order valence-corrected chi connectivity index (χ0v) is 58.1. The summed E-state index contributed by atoms with van der Waals surface area (Å²) in [4.78, 5) is 5.16. The van der Waals surface area contributed by atoms with E-state index in [1.165, 1.54) is 27.9 Å². The molecule has 0 spiro atoms. The van der Waals surface area contributed by atoms with E-state index < -0.39 is 227 Å². The van der Waals surface area contributed by atoms with Gasteiger partial charge in [-0.1, -0.05) is 0 Å². The normalized spacial score (nSPS) is 39.5. The number of hydrazine groups is 2. The number of guanidine groups is 4. The van der Waals surface area contributed by atoms with Gasteiger partial charge < -0.3 is 159 Å². The summed E-state index contributed by atoms with van der Waals surface area (Å²) in [6.45, 7) is 1.53. The number of ether oxygens (including phenoxy) is 8. The Morgan fingerprint density at radius 3 is 0.981 bits per heavy atom. The molecule has 30 atom stereocenters. The number of nitrogens with one attached hydrogen (secondary N) is 10. The van der Waals surface area contributed by atoms with Crippen LogP contribution in [0.25, 0.3) is 0 Å². The fraction of sp³-hybridized carbons (Fsp3) is 0.818. The van der Waals surface area contributed by atoms with Crippen LogP contribution in [0.5, 0.6) is 0 Å². The Kier molecular flexibility index (Phi) is 36.2. The summed E-state index contributed by atoms with van der Waals surface area (Å²) >= 11 is 9.55. The minimum Gasteiger partial charge on any atom is -0.759 e. The fourth-order valence-electron chi connectivity index (χ4n) is 10.9. The first kappa shape index (κ1) is 93.5. The minimum absolute atomic E-state index is 0.174. The van der Waals surface area contributed by atoms with Crippen molar-refractivity contribution in [1.29, 1.82) is 0 Å². The molecular weight excluding hydrogens is 1510 g/mol. The van der Waals surface area contributed by atoms with Gasteiger partial charge in [0.2, 0.25) is 33.9 Å². The summed E-state index contributed by atoms with van der Waals surface area (Å²) < 4.78 is 150. The van der Waals surface area contributed by atoms with Crippen molar-refractivity contribution < 1.29 is 193 Å². The summed E-state index contributed by atoms with van der Waals surface area (Å²) in [5, 5.41) is 177. The third-order valence-electron chi connectivity index (χ3n) is 15.6. The molecule has 2 saturated carbocycles. The van der Waals surface area contributed by atoms with E-state index in [1.807, 2.05) is 0 Å². The number of hydrogen-bond donors (Lipinski definition) is 34. The van der Waals surface area contributed by atoms with Crippen LogP contribution in [-0.2, 0) is 69.1 Å². The summed E-state index contributed by atoms with van der Waals surface area (Å²) in [5.74, 6) is -1.47. The van der Waals surface area contributed by atoms with Crippen molar-refractivity contribution in [1.82, 2.24) is 32.1 Å². The van der Waals surface area contributed by atoms with E-state index in [2.05, 4.69) is 52.3 Å². The summed E-state index contributed by atoms with van der Waals surface area (Å²) in [7, 11) is -12.6. The molecule has 0 unspecified atom stereocenters. The molecule has 54 nitrogen and oxygen atoms in total. The highest BCUT2D eigenvalue weighted by atomic mass is 32.3. The van der Waals surface area contributed by atoms with Gasteiger partial charge in [-0.15, -0.1) is 21.1 Å². The van der Waals surface area contributed by atoms with Gasteiger partial charge >= 0.3 is 23.8 Å². The van der Waals surface area contributed by atoms with Gasteiger partial charge in [0.15, 0.2) is 37.4 Å². The summed E-state index contributed by atoms with van der Waals surface area (Å²) in [5.41, 5.74) is 45.1. The number of aliphatic hydroxyl groups is 14. The third kappa shape index (κ3) is 27.6. The second-order valence-electron chi connectivity index (χ2n) is 22.7. The van der Waals surface area contributed by atoms with Gasteiger partial charge in [0.05, 0.1) is 37.5 Å². The minimum atomic E-state index is -5.17. The Hall–Kier alpha value is -5.55. The maximum Gasteiger partial charge on any atom is 0.339 e. The molecule has 44 N–H and O–H groups in total. The van der Waals surface area contributed by atoms with E-state index >= 15 is 0 Å². The van der Waals surface area contributed by atoms with Gasteiger partial charge in [0.25, 0.3) is 0 Å². The number of thiocarbonyl (C=S) groups is 2. The first-order valence-corrected chi connectivity index (χ1v) is 33.9. The number of rotatable bonds is 20. The molecule has 0 aromatic carbocycles. The van der Waals surface area contributed by atoms with Crippen LogP contribution in [0.2, 0.25) is 0 Å². The fourth-order valence-corrected chi connectivity index (χ4v) is 11.0. The van der Waals surface area contributed by atoms with Gasteiger partial charge in [-0.3, -0.25) is 91.1 Å². The van der Waals surface area contributed by atoms with E-state index in [1.54, 1.807) is 0 Å². The molecule has 600 valence electrons. The molecule has 59 heteroatoms. The lowest BCUT2D eigenvalue weighted by atomic mass is 9.81. The Morgan fingerprint density at radius 2 is 0.748 bits per heavy atom. The second kappa shape index (κ2) is 39.9. The highest BCUT2D eigenvalue weighted by molar-refractivity contribution is 7.80. The molecule has 6 fully saturated rings. The van der Waals surface area contributed by atoms with Crippen molar-refractivity contribution in [3.63, 3.8) is 0 Å². The Balaban J connectivity index is 0.000000583. The monoisotopic (exact) mass is 1600 g/mol. The van der Waals surface area contributed by atoms with Crippen LogP contribution in [-0.4, -0.2) is 380 Å². The molecule has 4 aliphatic heterocycles. The SMILES string of the molecule is CN[C@@H]1[C@H](O[C@H]2[C@H](O[C@H]3[C@H](O)[C@@H](O)[C@H](NC(N)=[NH2+])[C@@H](O)[C@@H]3[NH+]=C(N)N)O[C@@H](C)[C@]2(O)C=[NH+]NC(N)=S)O[C@@H](CO)[C@H](O)[C@H]1O.CN[C@@H]1[C@H](O[C@H]2[C@H](O[C@H]3[C@H](O)[C@@H](O)[C@H](NC(N)=[NH2+])[C@@H](O)[C@@H]3[NH+]=C(N)N)O[C@@H](C)[C@]2(O)C=[NH+]NC(N)=S)O[C@@H](CO)[C@H](O)[C@H]1O.O=S(=O)([O-])[O-].O=S(=O)([O-])[O-].O=S(=O)([O-])[O-]. The molecule has 2 aliphatic carbocycles. The van der Waals surface area contributed by atoms with Crippen LogP contribution in [0.15, 0.2) is 0 Å². The van der Waals surface area contributed by atoms with Crippen LogP contribution >= 0.6 is 24.4 Å². The number of hydrogen-bond acceptors (Lipinski definition) is 38. The van der Waals surface area contributed by atoms with Crippen molar-refractivity contribution in [2.45, 2.75) is 196 Å². The van der Waals surface area contributed by atoms with E-state index in [4.69, 9.17) is 172 Å². The molecule has 0 amide bonds. The van der Waals surface area contributed by atoms with E-state index in [9.17, 15) is 71.5 Å². The first-order valence-electron chi connectivity index (χ1n) is 29.1. The molecule has 4 saturated heterocycles. The highest BCUT2D eigenvalue weighted by Gasteiger charge is 2.64. The highest BCUT2D eigenvalue weighted by Crippen LogP contribution is 2.39. The average molecular weight is 1600 g/mol. The zero-order chi connectivity index (χ0) is 79.7. The maximum absolute atomic E-state index is 11.8. The Morgan fingerprint density at radius 1 is 0.476 bits per heavy atom.